The van der Waals surface area contributed by atoms with Gasteiger partial charge in [0.05, 0.1) is 25.6 Å². The number of hydrogen-bond donors (Lipinski definition) is 1. The van der Waals surface area contributed by atoms with Gasteiger partial charge in [-0.25, -0.2) is 0 Å². The van der Waals surface area contributed by atoms with Crippen molar-refractivity contribution in [3.05, 3.63) is 125 Å². The number of carbonyl (C=O) groups excluding carboxylic acids is 2. The third kappa shape index (κ3) is 6.06. The number of rotatable bonds is 9. The summed E-state index contributed by atoms with van der Waals surface area (Å²) < 4.78 is 12.7. The summed E-state index contributed by atoms with van der Waals surface area (Å²) in [5.74, 6) is 0.840. The minimum atomic E-state index is -0.363. The number of nitrogens with one attached hydrogen (secondary N) is 1. The number of fused-ring (bicyclic) bond motifs is 4. The van der Waals surface area contributed by atoms with Crippen molar-refractivity contribution in [2.75, 3.05) is 49.0 Å². The largest absolute Gasteiger partial charge is 0.497 e. The number of methoxy groups -OCH3 is 2. The van der Waals surface area contributed by atoms with E-state index in [1.807, 2.05) is 59.2 Å². The fourth-order valence-corrected chi connectivity index (χ4v) is 6.47. The maximum absolute atomic E-state index is 13.9. The van der Waals surface area contributed by atoms with Crippen LogP contribution in [0.15, 0.2) is 102 Å². The highest BCUT2D eigenvalue weighted by Gasteiger charge is 2.35. The van der Waals surface area contributed by atoms with Crippen molar-refractivity contribution < 1.29 is 19.1 Å². The van der Waals surface area contributed by atoms with Crippen LogP contribution in [0.4, 0.5) is 17.1 Å². The molecule has 6 rings (SSSR count). The number of benzene rings is 3. The van der Waals surface area contributed by atoms with E-state index in [0.717, 1.165) is 23.5 Å². The van der Waals surface area contributed by atoms with Crippen LogP contribution in [0.1, 0.15) is 38.7 Å². The zero-order valence-electron chi connectivity index (χ0n) is 25.4. The molecule has 9 heteroatoms. The van der Waals surface area contributed by atoms with E-state index in [1.54, 1.807) is 41.3 Å². The Labute approximate surface area is 262 Å². The van der Waals surface area contributed by atoms with Crippen LogP contribution < -0.4 is 30.1 Å². The van der Waals surface area contributed by atoms with Crippen LogP contribution >= 0.6 is 0 Å². The lowest BCUT2D eigenvalue weighted by Crippen LogP contribution is -2.47. The Hall–Kier alpha value is -5.31. The third-order valence-electron chi connectivity index (χ3n) is 8.55. The third-order valence-corrected chi connectivity index (χ3v) is 8.55. The molecule has 1 N–H and O–H groups in total. The van der Waals surface area contributed by atoms with E-state index in [9.17, 15) is 14.4 Å². The highest BCUT2D eigenvalue weighted by Crippen LogP contribution is 2.40. The Kier molecular flexibility index (Phi) is 8.42. The number of piperidine rings is 1. The van der Waals surface area contributed by atoms with Gasteiger partial charge in [-0.05, 0) is 60.9 Å². The van der Waals surface area contributed by atoms with Gasteiger partial charge in [0.15, 0.2) is 0 Å². The van der Waals surface area contributed by atoms with Crippen LogP contribution in [-0.4, -0.2) is 50.2 Å². The van der Waals surface area contributed by atoms with Crippen molar-refractivity contribution in [3.8, 4) is 11.5 Å². The average molecular weight is 605 g/mol. The minimum absolute atomic E-state index is 0.0303. The van der Waals surface area contributed by atoms with Gasteiger partial charge in [-0.3, -0.25) is 14.4 Å². The zero-order chi connectivity index (χ0) is 31.5. The molecule has 230 valence electrons. The lowest BCUT2D eigenvalue weighted by atomic mass is 9.83. The van der Waals surface area contributed by atoms with Crippen molar-refractivity contribution in [2.24, 2.45) is 5.92 Å². The lowest BCUT2D eigenvalue weighted by molar-refractivity contribution is 0.0987. The predicted octanol–water partition coefficient (Wildman–Crippen LogP) is 5.57. The molecule has 1 fully saturated rings. The monoisotopic (exact) mass is 604 g/mol. The molecule has 2 aliphatic heterocycles. The van der Waals surface area contributed by atoms with E-state index in [0.29, 0.717) is 54.5 Å². The van der Waals surface area contributed by atoms with E-state index in [-0.39, 0.29) is 29.2 Å². The Morgan fingerprint density at radius 3 is 2.38 bits per heavy atom. The molecule has 0 unspecified atom stereocenters. The van der Waals surface area contributed by atoms with Gasteiger partial charge in [0.1, 0.15) is 11.5 Å². The standard InChI is InChI=1S/C36H36N4O5/c1-4-15-39(28-9-6-5-7-10-28)36(43)25-13-14-33(31(19-25)37-35(42)26-17-29(44-2)20-30(18-26)45-3)38-21-24-16-27(23-38)32-11-8-12-34(41)40(32)22-24/h4-14,17-20,24,27H,1,15-16,21-23H2,2-3H3,(H,37,42)/t24-,27+/m1/s1. The molecule has 3 aromatic carbocycles. The summed E-state index contributed by atoms with van der Waals surface area (Å²) in [6, 6.07) is 25.4. The molecule has 4 aromatic rings. The van der Waals surface area contributed by atoms with Crippen LogP contribution in [0, 0.1) is 5.92 Å². The fourth-order valence-electron chi connectivity index (χ4n) is 6.47. The number of para-hydroxylation sites is 1. The quantitative estimate of drug-likeness (QED) is 0.251. The number of pyridine rings is 1. The lowest BCUT2D eigenvalue weighted by Gasteiger charge is -2.44. The molecule has 0 spiro atoms. The van der Waals surface area contributed by atoms with Crippen molar-refractivity contribution in [1.29, 1.82) is 0 Å². The molecule has 45 heavy (non-hydrogen) atoms. The molecular weight excluding hydrogens is 568 g/mol. The van der Waals surface area contributed by atoms with Crippen molar-refractivity contribution in [1.82, 2.24) is 4.57 Å². The number of hydrogen-bond acceptors (Lipinski definition) is 6. The molecule has 2 bridgehead atoms. The summed E-state index contributed by atoms with van der Waals surface area (Å²) in [5.41, 5.74) is 3.93. The maximum atomic E-state index is 13.9. The summed E-state index contributed by atoms with van der Waals surface area (Å²) in [6.07, 6.45) is 2.68. The fraction of sp³-hybridized carbons (Fsp3) is 0.250. The molecule has 1 saturated heterocycles. The number of carbonyl (C=O) groups is 2. The van der Waals surface area contributed by atoms with Gasteiger partial charge < -0.3 is 29.2 Å². The van der Waals surface area contributed by atoms with Crippen molar-refractivity contribution in [2.45, 2.75) is 18.9 Å². The summed E-state index contributed by atoms with van der Waals surface area (Å²) >= 11 is 0. The molecular formula is C36H36N4O5. The predicted molar refractivity (Wildman–Crippen MR) is 176 cm³/mol. The van der Waals surface area contributed by atoms with E-state index in [1.165, 1.54) is 14.2 Å². The molecule has 0 radical (unpaired) electrons. The highest BCUT2D eigenvalue weighted by molar-refractivity contribution is 6.10. The second-order valence-corrected chi connectivity index (χ2v) is 11.4. The summed E-state index contributed by atoms with van der Waals surface area (Å²) in [5, 5.41) is 3.09. The van der Waals surface area contributed by atoms with Gasteiger partial charge in [0.2, 0.25) is 0 Å². The van der Waals surface area contributed by atoms with Gasteiger partial charge in [-0.15, -0.1) is 6.58 Å². The minimum Gasteiger partial charge on any atom is -0.497 e. The van der Waals surface area contributed by atoms with Crippen LogP contribution in [0.3, 0.4) is 0 Å². The highest BCUT2D eigenvalue weighted by atomic mass is 16.5. The number of ether oxygens (including phenoxy) is 2. The normalized spacial score (nSPS) is 16.7. The van der Waals surface area contributed by atoms with Gasteiger partial charge in [0.25, 0.3) is 17.4 Å². The number of amides is 2. The average Bonchev–Trinajstić information content (AvgIpc) is 3.07. The topological polar surface area (TPSA) is 93.1 Å². The van der Waals surface area contributed by atoms with Crippen LogP contribution in [-0.2, 0) is 6.54 Å². The van der Waals surface area contributed by atoms with Crippen LogP contribution in [0.5, 0.6) is 11.5 Å². The van der Waals surface area contributed by atoms with Gasteiger partial charge in [-0.2, -0.15) is 0 Å². The first-order valence-electron chi connectivity index (χ1n) is 15.0. The molecule has 1 aromatic heterocycles. The smallest absolute Gasteiger partial charge is 0.258 e. The number of aromatic nitrogens is 1. The molecule has 2 aliphatic rings. The summed E-state index contributed by atoms with van der Waals surface area (Å²) in [6.45, 7) is 6.21. The van der Waals surface area contributed by atoms with Gasteiger partial charge in [0, 0.05) is 66.7 Å². The molecule has 3 heterocycles. The van der Waals surface area contributed by atoms with E-state index >= 15 is 0 Å². The van der Waals surface area contributed by atoms with Crippen LogP contribution in [0.25, 0.3) is 0 Å². The first kappa shape index (κ1) is 29.7. The first-order chi connectivity index (χ1) is 21.9. The molecule has 0 saturated carbocycles. The summed E-state index contributed by atoms with van der Waals surface area (Å²) in [7, 11) is 3.07. The van der Waals surface area contributed by atoms with Gasteiger partial charge in [-0.1, -0.05) is 30.3 Å². The van der Waals surface area contributed by atoms with Crippen molar-refractivity contribution in [3.63, 3.8) is 0 Å². The van der Waals surface area contributed by atoms with E-state index < -0.39 is 0 Å². The molecule has 2 atom stereocenters. The Bertz CT molecular complexity index is 1780. The van der Waals surface area contributed by atoms with E-state index in [2.05, 4.69) is 16.8 Å². The second-order valence-electron chi connectivity index (χ2n) is 11.4. The van der Waals surface area contributed by atoms with Crippen molar-refractivity contribution >= 4 is 28.9 Å². The Morgan fingerprint density at radius 2 is 1.67 bits per heavy atom. The maximum Gasteiger partial charge on any atom is 0.258 e. The Morgan fingerprint density at radius 1 is 0.911 bits per heavy atom. The van der Waals surface area contributed by atoms with Crippen LogP contribution in [0.2, 0.25) is 0 Å². The number of anilines is 3. The van der Waals surface area contributed by atoms with Gasteiger partial charge >= 0.3 is 0 Å². The molecule has 9 nitrogen and oxygen atoms in total. The van der Waals surface area contributed by atoms with E-state index in [4.69, 9.17) is 9.47 Å². The number of nitrogens with zero attached hydrogens (tertiary/aromatic N) is 3. The molecule has 2 amide bonds. The first-order valence-corrected chi connectivity index (χ1v) is 15.0. The SMILES string of the molecule is C=CCN(C(=O)c1ccc(N2C[C@H]3C[C@@H](C2)c2cccc(=O)n2C3)c(NC(=O)c2cc(OC)cc(OC)c2)c1)c1ccccc1. The second kappa shape index (κ2) is 12.7. The summed E-state index contributed by atoms with van der Waals surface area (Å²) in [4.78, 5) is 44.2. The Balaban J connectivity index is 1.38. The molecule has 0 aliphatic carbocycles. The zero-order valence-corrected chi connectivity index (χ0v) is 25.4.